The van der Waals surface area contributed by atoms with Gasteiger partial charge in [-0.25, -0.2) is 8.42 Å². The number of aryl methyl sites for hydroxylation is 2. The Bertz CT molecular complexity index is 944. The highest BCUT2D eigenvalue weighted by Gasteiger charge is 2.31. The molecule has 0 saturated heterocycles. The SMILES string of the molecule is CCOc1ccccc1CCCNC(=O)[C@H](CC)N(c1cccc(C)c1)S(C)(=O)=O. The first-order chi connectivity index (χ1) is 14.3. The summed E-state index contributed by atoms with van der Waals surface area (Å²) in [5.74, 6) is 0.572. The topological polar surface area (TPSA) is 75.7 Å². The fraction of sp³-hybridized carbons (Fsp3) is 0.435. The van der Waals surface area contributed by atoms with Crippen molar-refractivity contribution in [1.29, 1.82) is 0 Å². The summed E-state index contributed by atoms with van der Waals surface area (Å²) < 4.78 is 31.8. The van der Waals surface area contributed by atoms with Crippen molar-refractivity contribution in [3.8, 4) is 5.75 Å². The number of carbonyl (C=O) groups excluding carboxylic acids is 1. The van der Waals surface area contributed by atoms with Gasteiger partial charge in [-0.05, 0) is 62.4 Å². The zero-order valence-electron chi connectivity index (χ0n) is 18.2. The van der Waals surface area contributed by atoms with Gasteiger partial charge >= 0.3 is 0 Å². The first kappa shape index (κ1) is 23.7. The van der Waals surface area contributed by atoms with Gasteiger partial charge in [0.15, 0.2) is 0 Å². The number of sulfonamides is 1. The van der Waals surface area contributed by atoms with Crippen LogP contribution >= 0.6 is 0 Å². The number of nitrogens with zero attached hydrogens (tertiary/aromatic N) is 1. The van der Waals surface area contributed by atoms with Gasteiger partial charge in [0.05, 0.1) is 18.6 Å². The highest BCUT2D eigenvalue weighted by molar-refractivity contribution is 7.92. The minimum Gasteiger partial charge on any atom is -0.494 e. The van der Waals surface area contributed by atoms with Gasteiger partial charge in [-0.15, -0.1) is 0 Å². The van der Waals surface area contributed by atoms with E-state index in [9.17, 15) is 13.2 Å². The molecule has 30 heavy (non-hydrogen) atoms. The van der Waals surface area contributed by atoms with Crippen LogP contribution in [0.5, 0.6) is 5.75 Å². The first-order valence-electron chi connectivity index (χ1n) is 10.3. The maximum Gasteiger partial charge on any atom is 0.243 e. The Morgan fingerprint density at radius 2 is 1.87 bits per heavy atom. The average Bonchev–Trinajstić information content (AvgIpc) is 2.69. The molecule has 0 bridgehead atoms. The van der Waals surface area contributed by atoms with Gasteiger partial charge in [-0.1, -0.05) is 37.3 Å². The Morgan fingerprint density at radius 1 is 1.13 bits per heavy atom. The second-order valence-corrected chi connectivity index (χ2v) is 9.12. The molecule has 0 fully saturated rings. The molecule has 0 aliphatic carbocycles. The molecule has 0 radical (unpaired) electrons. The quantitative estimate of drug-likeness (QED) is 0.550. The fourth-order valence-electron chi connectivity index (χ4n) is 3.44. The van der Waals surface area contributed by atoms with Gasteiger partial charge in [0.2, 0.25) is 15.9 Å². The average molecular weight is 433 g/mol. The Hall–Kier alpha value is -2.54. The number of ether oxygens (including phenoxy) is 1. The van der Waals surface area contributed by atoms with Crippen molar-refractivity contribution in [3.05, 3.63) is 59.7 Å². The third-order valence-electron chi connectivity index (χ3n) is 4.78. The van der Waals surface area contributed by atoms with Crippen molar-refractivity contribution in [2.24, 2.45) is 0 Å². The van der Waals surface area contributed by atoms with Gasteiger partial charge in [-0.2, -0.15) is 0 Å². The van der Waals surface area contributed by atoms with Gasteiger partial charge in [0.1, 0.15) is 11.8 Å². The van der Waals surface area contributed by atoms with Crippen LogP contribution in [0, 0.1) is 6.92 Å². The van der Waals surface area contributed by atoms with Crippen molar-refractivity contribution in [1.82, 2.24) is 5.32 Å². The molecule has 164 valence electrons. The Labute approximate surface area is 180 Å². The summed E-state index contributed by atoms with van der Waals surface area (Å²) >= 11 is 0. The third-order valence-corrected chi connectivity index (χ3v) is 5.96. The molecule has 1 N–H and O–H groups in total. The second-order valence-electron chi connectivity index (χ2n) is 7.26. The van der Waals surface area contributed by atoms with Gasteiger partial charge < -0.3 is 10.1 Å². The number of hydrogen-bond acceptors (Lipinski definition) is 4. The van der Waals surface area contributed by atoms with E-state index in [1.165, 1.54) is 4.31 Å². The largest absolute Gasteiger partial charge is 0.494 e. The van der Waals surface area contributed by atoms with E-state index in [1.54, 1.807) is 18.2 Å². The molecule has 1 atom stereocenters. The van der Waals surface area contributed by atoms with Crippen LogP contribution < -0.4 is 14.4 Å². The maximum atomic E-state index is 12.9. The van der Waals surface area contributed by atoms with Gasteiger partial charge in [-0.3, -0.25) is 9.10 Å². The van der Waals surface area contributed by atoms with Crippen molar-refractivity contribution < 1.29 is 17.9 Å². The molecular weight excluding hydrogens is 400 g/mol. The van der Waals surface area contributed by atoms with Crippen LogP contribution in [-0.4, -0.2) is 39.8 Å². The molecule has 0 aliphatic heterocycles. The molecule has 7 heteroatoms. The van der Waals surface area contributed by atoms with Crippen LogP contribution in [-0.2, 0) is 21.2 Å². The second kappa shape index (κ2) is 11.0. The van der Waals surface area contributed by atoms with E-state index in [4.69, 9.17) is 4.74 Å². The normalized spacial score (nSPS) is 12.3. The Kier molecular flexibility index (Phi) is 8.72. The predicted molar refractivity (Wildman–Crippen MR) is 122 cm³/mol. The van der Waals surface area contributed by atoms with Crippen molar-refractivity contribution in [2.45, 2.75) is 46.1 Å². The third kappa shape index (κ3) is 6.49. The Balaban J connectivity index is 2.04. The zero-order valence-corrected chi connectivity index (χ0v) is 19.0. The highest BCUT2D eigenvalue weighted by Crippen LogP contribution is 2.23. The molecule has 2 aromatic rings. The molecule has 0 saturated carbocycles. The number of amides is 1. The summed E-state index contributed by atoms with van der Waals surface area (Å²) in [5, 5.41) is 2.91. The number of hydrogen-bond donors (Lipinski definition) is 1. The molecule has 0 aromatic heterocycles. The van der Waals surface area contributed by atoms with Crippen LogP contribution in [0.4, 0.5) is 5.69 Å². The number of carbonyl (C=O) groups is 1. The first-order valence-corrected chi connectivity index (χ1v) is 12.2. The maximum absolute atomic E-state index is 12.9. The molecule has 0 heterocycles. The van der Waals surface area contributed by atoms with Crippen LogP contribution in [0.2, 0.25) is 0 Å². The van der Waals surface area contributed by atoms with E-state index < -0.39 is 16.1 Å². The number of anilines is 1. The Morgan fingerprint density at radius 3 is 2.50 bits per heavy atom. The lowest BCUT2D eigenvalue weighted by Gasteiger charge is -2.30. The zero-order chi connectivity index (χ0) is 22.1. The lowest BCUT2D eigenvalue weighted by molar-refractivity contribution is -0.122. The smallest absolute Gasteiger partial charge is 0.243 e. The molecule has 0 aliphatic rings. The van der Waals surface area contributed by atoms with Crippen LogP contribution in [0.3, 0.4) is 0 Å². The lowest BCUT2D eigenvalue weighted by atomic mass is 10.1. The van der Waals surface area contributed by atoms with Gasteiger partial charge in [0.25, 0.3) is 0 Å². The highest BCUT2D eigenvalue weighted by atomic mass is 32.2. The summed E-state index contributed by atoms with van der Waals surface area (Å²) in [5.41, 5.74) is 2.53. The summed E-state index contributed by atoms with van der Waals surface area (Å²) in [6.45, 7) is 6.72. The summed E-state index contributed by atoms with van der Waals surface area (Å²) in [4.78, 5) is 12.9. The molecule has 6 nitrogen and oxygen atoms in total. The minimum atomic E-state index is -3.62. The number of para-hydroxylation sites is 1. The minimum absolute atomic E-state index is 0.289. The number of benzene rings is 2. The molecule has 0 unspecified atom stereocenters. The van der Waals surface area contributed by atoms with Crippen LogP contribution in [0.25, 0.3) is 0 Å². The van der Waals surface area contributed by atoms with E-state index in [0.717, 1.165) is 36.0 Å². The van der Waals surface area contributed by atoms with Crippen LogP contribution in [0.15, 0.2) is 48.5 Å². The van der Waals surface area contributed by atoms with Crippen molar-refractivity contribution in [2.75, 3.05) is 23.7 Å². The monoisotopic (exact) mass is 432 g/mol. The molecule has 2 aromatic carbocycles. The van der Waals surface area contributed by atoms with E-state index in [0.29, 0.717) is 25.3 Å². The van der Waals surface area contributed by atoms with Gasteiger partial charge in [0, 0.05) is 6.54 Å². The van der Waals surface area contributed by atoms with E-state index in [1.807, 2.05) is 51.1 Å². The van der Waals surface area contributed by atoms with E-state index in [2.05, 4.69) is 5.32 Å². The standard InChI is InChI=1S/C23H32N2O4S/c1-5-21(25(30(4,27)28)20-14-9-11-18(3)17-20)23(26)24-16-10-13-19-12-7-8-15-22(19)29-6-2/h7-9,11-12,14-15,17,21H,5-6,10,13,16H2,1-4H3,(H,24,26)/t21-/m0/s1. The summed E-state index contributed by atoms with van der Waals surface area (Å²) in [6, 6.07) is 14.3. The summed E-state index contributed by atoms with van der Waals surface area (Å²) in [6.07, 6.45) is 3.01. The van der Waals surface area contributed by atoms with E-state index in [-0.39, 0.29) is 5.91 Å². The molecule has 2 rings (SSSR count). The molecule has 0 spiro atoms. The molecule has 1 amide bonds. The summed E-state index contributed by atoms with van der Waals surface area (Å²) in [7, 11) is -3.62. The van der Waals surface area contributed by atoms with Crippen LogP contribution in [0.1, 0.15) is 37.8 Å². The lowest BCUT2D eigenvalue weighted by Crippen LogP contribution is -2.49. The number of rotatable bonds is 11. The van der Waals surface area contributed by atoms with E-state index >= 15 is 0 Å². The van der Waals surface area contributed by atoms with Crippen molar-refractivity contribution in [3.63, 3.8) is 0 Å². The molecular formula is C23H32N2O4S. The fourth-order valence-corrected chi connectivity index (χ4v) is 4.64. The number of nitrogens with one attached hydrogen (secondary N) is 1. The van der Waals surface area contributed by atoms with Crippen molar-refractivity contribution >= 4 is 21.6 Å². The predicted octanol–water partition coefficient (Wildman–Crippen LogP) is 3.69.